The molecule has 0 spiro atoms. The van der Waals surface area contributed by atoms with Gasteiger partial charge in [-0.2, -0.15) is 0 Å². The van der Waals surface area contributed by atoms with E-state index in [9.17, 15) is 0 Å². The monoisotopic (exact) mass is 272 g/mol. The van der Waals surface area contributed by atoms with Gasteiger partial charge in [-0.1, -0.05) is 15.9 Å². The molecule has 0 aliphatic carbocycles. The minimum absolute atomic E-state index is 0.0611. The van der Waals surface area contributed by atoms with E-state index in [1.807, 2.05) is 25.1 Å². The smallest absolute Gasteiger partial charge is 0.124 e. The summed E-state index contributed by atoms with van der Waals surface area (Å²) in [5, 5.41) is 0. The standard InChI is InChI=1S/C11H17BrN2O/c1-2-15-11-4-3-8(12)7-9(11)10(14)5-6-13/h3-4,7,10H,2,5-6,13-14H2,1H3/t10-/m0/s1. The van der Waals surface area contributed by atoms with E-state index in [0.717, 1.165) is 22.2 Å². The lowest BCUT2D eigenvalue weighted by atomic mass is 10.0. The van der Waals surface area contributed by atoms with E-state index in [1.165, 1.54) is 0 Å². The van der Waals surface area contributed by atoms with Gasteiger partial charge in [-0.05, 0) is 38.1 Å². The Balaban J connectivity index is 2.95. The van der Waals surface area contributed by atoms with Crippen LogP contribution in [0.4, 0.5) is 0 Å². The maximum Gasteiger partial charge on any atom is 0.124 e. The molecule has 84 valence electrons. The summed E-state index contributed by atoms with van der Waals surface area (Å²) in [5.74, 6) is 0.849. The van der Waals surface area contributed by atoms with Crippen LogP contribution in [0.3, 0.4) is 0 Å². The lowest BCUT2D eigenvalue weighted by Crippen LogP contribution is -2.16. The molecule has 0 aliphatic rings. The second-order valence-corrected chi connectivity index (χ2v) is 4.21. The topological polar surface area (TPSA) is 61.3 Å². The van der Waals surface area contributed by atoms with Crippen molar-refractivity contribution >= 4 is 15.9 Å². The van der Waals surface area contributed by atoms with Crippen LogP contribution in [-0.4, -0.2) is 13.2 Å². The maximum atomic E-state index is 6.02. The Morgan fingerprint density at radius 1 is 1.47 bits per heavy atom. The first-order valence-electron chi connectivity index (χ1n) is 5.07. The molecule has 0 radical (unpaired) electrons. The molecule has 1 atom stereocenters. The predicted octanol–water partition coefficient (Wildman–Crippen LogP) is 2.20. The largest absolute Gasteiger partial charge is 0.494 e. The number of hydrogen-bond acceptors (Lipinski definition) is 3. The molecule has 1 rings (SSSR count). The lowest BCUT2D eigenvalue weighted by Gasteiger charge is -2.16. The highest BCUT2D eigenvalue weighted by Gasteiger charge is 2.11. The molecule has 1 aromatic rings. The maximum absolute atomic E-state index is 6.02. The molecule has 0 aliphatic heterocycles. The van der Waals surface area contributed by atoms with Gasteiger partial charge in [0.1, 0.15) is 5.75 Å². The first kappa shape index (κ1) is 12.5. The van der Waals surface area contributed by atoms with Gasteiger partial charge < -0.3 is 16.2 Å². The van der Waals surface area contributed by atoms with Crippen molar-refractivity contribution in [2.45, 2.75) is 19.4 Å². The number of halogens is 1. The van der Waals surface area contributed by atoms with Crippen molar-refractivity contribution in [2.75, 3.05) is 13.2 Å². The molecular weight excluding hydrogens is 256 g/mol. The van der Waals surface area contributed by atoms with E-state index in [-0.39, 0.29) is 6.04 Å². The summed E-state index contributed by atoms with van der Waals surface area (Å²) >= 11 is 3.42. The van der Waals surface area contributed by atoms with Crippen LogP contribution in [0.2, 0.25) is 0 Å². The van der Waals surface area contributed by atoms with Crippen molar-refractivity contribution in [3.63, 3.8) is 0 Å². The fourth-order valence-electron chi connectivity index (χ4n) is 1.43. The lowest BCUT2D eigenvalue weighted by molar-refractivity contribution is 0.333. The molecule has 0 fully saturated rings. The van der Waals surface area contributed by atoms with Crippen molar-refractivity contribution in [3.8, 4) is 5.75 Å². The van der Waals surface area contributed by atoms with E-state index < -0.39 is 0 Å². The average molecular weight is 273 g/mol. The van der Waals surface area contributed by atoms with E-state index in [4.69, 9.17) is 16.2 Å². The van der Waals surface area contributed by atoms with Gasteiger partial charge in [0.05, 0.1) is 6.61 Å². The third-order valence-electron chi connectivity index (χ3n) is 2.15. The number of rotatable bonds is 5. The third kappa shape index (κ3) is 3.48. The fraction of sp³-hybridized carbons (Fsp3) is 0.455. The number of hydrogen-bond donors (Lipinski definition) is 2. The summed E-state index contributed by atoms with van der Waals surface area (Å²) in [5.41, 5.74) is 12.5. The summed E-state index contributed by atoms with van der Waals surface area (Å²) in [4.78, 5) is 0. The van der Waals surface area contributed by atoms with Gasteiger partial charge in [-0.15, -0.1) is 0 Å². The van der Waals surface area contributed by atoms with Gasteiger partial charge in [-0.3, -0.25) is 0 Å². The Morgan fingerprint density at radius 2 is 2.20 bits per heavy atom. The molecule has 3 nitrogen and oxygen atoms in total. The molecule has 1 aromatic carbocycles. The van der Waals surface area contributed by atoms with Crippen molar-refractivity contribution < 1.29 is 4.74 Å². The highest BCUT2D eigenvalue weighted by Crippen LogP contribution is 2.28. The number of ether oxygens (including phenoxy) is 1. The zero-order valence-corrected chi connectivity index (χ0v) is 10.5. The van der Waals surface area contributed by atoms with E-state index in [1.54, 1.807) is 0 Å². The summed E-state index contributed by atoms with van der Waals surface area (Å²) in [6, 6.07) is 5.81. The molecule has 0 aromatic heterocycles. The van der Waals surface area contributed by atoms with E-state index >= 15 is 0 Å². The molecule has 0 heterocycles. The average Bonchev–Trinajstić information content (AvgIpc) is 2.21. The Morgan fingerprint density at radius 3 is 2.80 bits per heavy atom. The van der Waals surface area contributed by atoms with Crippen LogP contribution >= 0.6 is 15.9 Å². The molecule has 4 N–H and O–H groups in total. The zero-order chi connectivity index (χ0) is 11.3. The molecule has 0 amide bonds. The van der Waals surface area contributed by atoms with Gasteiger partial charge in [0, 0.05) is 16.1 Å². The molecule has 0 unspecified atom stereocenters. The summed E-state index contributed by atoms with van der Waals surface area (Å²) in [7, 11) is 0. The van der Waals surface area contributed by atoms with Crippen LogP contribution in [-0.2, 0) is 0 Å². The van der Waals surface area contributed by atoms with Gasteiger partial charge in [-0.25, -0.2) is 0 Å². The molecule has 0 saturated heterocycles. The predicted molar refractivity (Wildman–Crippen MR) is 65.9 cm³/mol. The van der Waals surface area contributed by atoms with Crippen LogP contribution in [0, 0.1) is 0 Å². The second kappa shape index (κ2) is 6.10. The van der Waals surface area contributed by atoms with Gasteiger partial charge in [0.15, 0.2) is 0 Å². The first-order chi connectivity index (χ1) is 7.19. The van der Waals surface area contributed by atoms with E-state index in [2.05, 4.69) is 15.9 Å². The van der Waals surface area contributed by atoms with Crippen LogP contribution in [0.1, 0.15) is 24.9 Å². The van der Waals surface area contributed by atoms with Gasteiger partial charge in [0.25, 0.3) is 0 Å². The van der Waals surface area contributed by atoms with Crippen molar-refractivity contribution in [2.24, 2.45) is 11.5 Å². The Bertz CT molecular complexity index is 317. The summed E-state index contributed by atoms with van der Waals surface area (Å²) in [6.07, 6.45) is 0.760. The number of benzene rings is 1. The minimum Gasteiger partial charge on any atom is -0.494 e. The highest BCUT2D eigenvalue weighted by molar-refractivity contribution is 9.10. The van der Waals surface area contributed by atoms with Gasteiger partial charge >= 0.3 is 0 Å². The number of nitrogens with two attached hydrogens (primary N) is 2. The minimum atomic E-state index is -0.0611. The molecule has 4 heteroatoms. The molecule has 0 saturated carbocycles. The first-order valence-corrected chi connectivity index (χ1v) is 5.86. The van der Waals surface area contributed by atoms with Crippen LogP contribution in [0.15, 0.2) is 22.7 Å². The zero-order valence-electron chi connectivity index (χ0n) is 8.87. The Kier molecular flexibility index (Phi) is 5.08. The summed E-state index contributed by atoms with van der Waals surface area (Å²) in [6.45, 7) is 3.18. The van der Waals surface area contributed by atoms with Crippen LogP contribution < -0.4 is 16.2 Å². The second-order valence-electron chi connectivity index (χ2n) is 3.30. The molecule has 15 heavy (non-hydrogen) atoms. The third-order valence-corrected chi connectivity index (χ3v) is 2.64. The molecular formula is C11H17BrN2O. The molecule has 0 bridgehead atoms. The van der Waals surface area contributed by atoms with Gasteiger partial charge in [0.2, 0.25) is 0 Å². The SMILES string of the molecule is CCOc1ccc(Br)cc1[C@@H](N)CCN. The van der Waals surface area contributed by atoms with Crippen molar-refractivity contribution in [1.82, 2.24) is 0 Å². The normalized spacial score (nSPS) is 12.5. The highest BCUT2D eigenvalue weighted by atomic mass is 79.9. The fourth-order valence-corrected chi connectivity index (χ4v) is 1.81. The quantitative estimate of drug-likeness (QED) is 0.864. The Labute approximate surface area is 98.9 Å². The summed E-state index contributed by atoms with van der Waals surface area (Å²) < 4.78 is 6.53. The van der Waals surface area contributed by atoms with Crippen LogP contribution in [0.25, 0.3) is 0 Å². The van der Waals surface area contributed by atoms with Crippen molar-refractivity contribution in [3.05, 3.63) is 28.2 Å². The Hall–Kier alpha value is -0.580. The van der Waals surface area contributed by atoms with E-state index in [0.29, 0.717) is 13.2 Å². The van der Waals surface area contributed by atoms with Crippen LogP contribution in [0.5, 0.6) is 5.75 Å². The van der Waals surface area contributed by atoms with Crippen molar-refractivity contribution in [1.29, 1.82) is 0 Å².